The summed E-state index contributed by atoms with van der Waals surface area (Å²) in [6, 6.07) is 22.8. The summed E-state index contributed by atoms with van der Waals surface area (Å²) in [7, 11) is 1.71. The number of nitrogens with zero attached hydrogens (tertiary/aromatic N) is 2. The van der Waals surface area contributed by atoms with Crippen LogP contribution in [-0.2, 0) is 16.1 Å². The van der Waals surface area contributed by atoms with Gasteiger partial charge in [-0.2, -0.15) is 0 Å². The number of amides is 1. The third-order valence-corrected chi connectivity index (χ3v) is 7.51. The number of pyridine rings is 1. The molecule has 5 rings (SSSR count). The molecule has 1 amide bonds. The minimum absolute atomic E-state index is 0.0256. The number of aryl methyl sites for hydroxylation is 1. The van der Waals surface area contributed by atoms with Gasteiger partial charge >= 0.3 is 0 Å². The van der Waals surface area contributed by atoms with Crippen LogP contribution >= 0.6 is 0 Å². The SMILES string of the molecule is COCc1ccc(-c2ccc(N(CC3(N)CCCC3)C(=O)[C@H]3C[C@@H]3c3cccc(C)n3)cc2)cc1. The first-order valence-corrected chi connectivity index (χ1v) is 12.7. The van der Waals surface area contributed by atoms with Crippen molar-refractivity contribution in [1.82, 2.24) is 4.98 Å². The van der Waals surface area contributed by atoms with Gasteiger partial charge in [-0.15, -0.1) is 0 Å². The van der Waals surface area contributed by atoms with Crippen molar-refractivity contribution in [1.29, 1.82) is 0 Å². The number of rotatable bonds is 8. The molecule has 2 aromatic carbocycles. The van der Waals surface area contributed by atoms with Crippen LogP contribution in [0.3, 0.4) is 0 Å². The zero-order valence-corrected chi connectivity index (χ0v) is 20.7. The van der Waals surface area contributed by atoms with Crippen molar-refractivity contribution in [2.45, 2.75) is 57.1 Å². The van der Waals surface area contributed by atoms with Crippen molar-refractivity contribution in [3.63, 3.8) is 0 Å². The molecule has 2 N–H and O–H groups in total. The standard InChI is InChI=1S/C30H35N3O2/c1-21-6-5-7-28(32-21)26-18-27(26)29(34)33(20-30(31)16-3-4-17-30)25-14-12-24(13-15-25)23-10-8-22(9-11-23)19-35-2/h5-15,26-27H,3-4,16-20,31H2,1-2H3/t26-,27-/m0/s1. The monoisotopic (exact) mass is 469 g/mol. The molecule has 5 nitrogen and oxygen atoms in total. The van der Waals surface area contributed by atoms with Gasteiger partial charge in [0.2, 0.25) is 5.91 Å². The van der Waals surface area contributed by atoms with Crippen LogP contribution < -0.4 is 10.6 Å². The van der Waals surface area contributed by atoms with Gasteiger partial charge in [-0.25, -0.2) is 0 Å². The van der Waals surface area contributed by atoms with Gasteiger partial charge in [-0.1, -0.05) is 55.3 Å². The molecule has 182 valence electrons. The Morgan fingerprint density at radius 3 is 2.31 bits per heavy atom. The summed E-state index contributed by atoms with van der Waals surface area (Å²) in [4.78, 5) is 20.4. The summed E-state index contributed by atoms with van der Waals surface area (Å²) in [6.07, 6.45) is 5.06. The molecule has 2 atom stereocenters. The minimum atomic E-state index is -0.308. The Morgan fingerprint density at radius 1 is 1.03 bits per heavy atom. The predicted molar refractivity (Wildman–Crippen MR) is 140 cm³/mol. The van der Waals surface area contributed by atoms with Gasteiger partial charge < -0.3 is 15.4 Å². The third kappa shape index (κ3) is 5.31. The number of carbonyl (C=O) groups is 1. The largest absolute Gasteiger partial charge is 0.380 e. The lowest BCUT2D eigenvalue weighted by molar-refractivity contribution is -0.120. The van der Waals surface area contributed by atoms with Crippen LogP contribution in [0.5, 0.6) is 0 Å². The Labute approximate surface area is 208 Å². The summed E-state index contributed by atoms with van der Waals surface area (Å²) < 4.78 is 5.21. The van der Waals surface area contributed by atoms with E-state index in [9.17, 15) is 4.79 Å². The molecule has 0 unspecified atom stereocenters. The molecule has 0 radical (unpaired) electrons. The summed E-state index contributed by atoms with van der Waals surface area (Å²) in [5.41, 5.74) is 12.8. The molecular formula is C30H35N3O2. The van der Waals surface area contributed by atoms with Gasteiger partial charge in [0, 0.05) is 48.1 Å². The fourth-order valence-corrected chi connectivity index (χ4v) is 5.41. The zero-order chi connectivity index (χ0) is 24.4. The first kappa shape index (κ1) is 23.7. The summed E-state index contributed by atoms with van der Waals surface area (Å²) >= 11 is 0. The molecule has 0 saturated heterocycles. The molecule has 2 saturated carbocycles. The second-order valence-corrected chi connectivity index (χ2v) is 10.3. The van der Waals surface area contributed by atoms with E-state index in [1.807, 2.05) is 30.0 Å². The molecule has 2 aliphatic rings. The highest BCUT2D eigenvalue weighted by atomic mass is 16.5. The summed E-state index contributed by atoms with van der Waals surface area (Å²) in [5.74, 6) is 0.348. The Hall–Kier alpha value is -3.02. The minimum Gasteiger partial charge on any atom is -0.380 e. The Kier molecular flexibility index (Phi) is 6.72. The number of anilines is 1. The molecule has 0 spiro atoms. The highest BCUT2D eigenvalue weighted by molar-refractivity contribution is 5.98. The molecule has 2 fully saturated rings. The first-order valence-electron chi connectivity index (χ1n) is 12.7. The lowest BCUT2D eigenvalue weighted by Crippen LogP contribution is -2.50. The zero-order valence-electron chi connectivity index (χ0n) is 20.7. The van der Waals surface area contributed by atoms with E-state index in [4.69, 9.17) is 10.5 Å². The van der Waals surface area contributed by atoms with E-state index in [1.165, 1.54) is 0 Å². The van der Waals surface area contributed by atoms with Gasteiger partial charge in [0.15, 0.2) is 0 Å². The quantitative estimate of drug-likeness (QED) is 0.465. The molecule has 0 bridgehead atoms. The van der Waals surface area contributed by atoms with E-state index in [0.29, 0.717) is 13.2 Å². The number of hydrogen-bond acceptors (Lipinski definition) is 4. The van der Waals surface area contributed by atoms with Crippen LogP contribution in [0.15, 0.2) is 66.7 Å². The van der Waals surface area contributed by atoms with E-state index in [2.05, 4.69) is 53.5 Å². The number of carbonyl (C=O) groups excluding carboxylic acids is 1. The Bertz CT molecular complexity index is 1170. The second kappa shape index (κ2) is 9.92. The summed E-state index contributed by atoms with van der Waals surface area (Å²) in [5, 5.41) is 0. The van der Waals surface area contributed by atoms with Gasteiger partial charge in [0.25, 0.3) is 0 Å². The molecule has 1 heterocycles. The van der Waals surface area contributed by atoms with Gasteiger partial charge in [0.05, 0.1) is 6.61 Å². The molecule has 0 aliphatic heterocycles. The second-order valence-electron chi connectivity index (χ2n) is 10.3. The number of methoxy groups -OCH3 is 1. The molecule has 3 aromatic rings. The molecule has 1 aromatic heterocycles. The van der Waals surface area contributed by atoms with Gasteiger partial charge in [0.1, 0.15) is 0 Å². The average Bonchev–Trinajstić information content (AvgIpc) is 3.56. The smallest absolute Gasteiger partial charge is 0.230 e. The average molecular weight is 470 g/mol. The van der Waals surface area contributed by atoms with Crippen molar-refractivity contribution < 1.29 is 9.53 Å². The van der Waals surface area contributed by atoms with E-state index >= 15 is 0 Å². The van der Waals surface area contributed by atoms with E-state index in [1.54, 1.807) is 7.11 Å². The van der Waals surface area contributed by atoms with E-state index in [-0.39, 0.29) is 23.3 Å². The fourth-order valence-electron chi connectivity index (χ4n) is 5.41. The van der Waals surface area contributed by atoms with Crippen LogP contribution in [0.2, 0.25) is 0 Å². The number of hydrogen-bond donors (Lipinski definition) is 1. The van der Waals surface area contributed by atoms with Crippen LogP contribution in [0.1, 0.15) is 55.0 Å². The molecule has 2 aliphatic carbocycles. The maximum atomic E-state index is 13.8. The van der Waals surface area contributed by atoms with E-state index in [0.717, 1.165) is 65.9 Å². The van der Waals surface area contributed by atoms with Crippen molar-refractivity contribution in [2.24, 2.45) is 11.7 Å². The van der Waals surface area contributed by atoms with Crippen molar-refractivity contribution >= 4 is 11.6 Å². The highest BCUT2D eigenvalue weighted by Gasteiger charge is 2.48. The Morgan fingerprint density at radius 2 is 1.69 bits per heavy atom. The Balaban J connectivity index is 1.37. The van der Waals surface area contributed by atoms with Gasteiger partial charge in [-0.3, -0.25) is 9.78 Å². The topological polar surface area (TPSA) is 68.5 Å². The van der Waals surface area contributed by atoms with Crippen LogP contribution in [0, 0.1) is 12.8 Å². The van der Waals surface area contributed by atoms with E-state index < -0.39 is 0 Å². The highest BCUT2D eigenvalue weighted by Crippen LogP contribution is 2.48. The fraction of sp³-hybridized carbons (Fsp3) is 0.400. The maximum absolute atomic E-state index is 13.8. The summed E-state index contributed by atoms with van der Waals surface area (Å²) in [6.45, 7) is 3.18. The van der Waals surface area contributed by atoms with Crippen LogP contribution in [0.4, 0.5) is 5.69 Å². The third-order valence-electron chi connectivity index (χ3n) is 7.51. The van der Waals surface area contributed by atoms with Crippen molar-refractivity contribution in [2.75, 3.05) is 18.6 Å². The number of aromatic nitrogens is 1. The van der Waals surface area contributed by atoms with Crippen molar-refractivity contribution in [3.8, 4) is 11.1 Å². The number of nitrogens with two attached hydrogens (primary N) is 1. The lowest BCUT2D eigenvalue weighted by Gasteiger charge is -2.33. The van der Waals surface area contributed by atoms with Crippen LogP contribution in [-0.4, -0.2) is 30.1 Å². The maximum Gasteiger partial charge on any atom is 0.230 e. The normalized spacial score (nSPS) is 20.5. The first-order chi connectivity index (χ1) is 17.0. The van der Waals surface area contributed by atoms with Gasteiger partial charge in [-0.05, 0) is 67.1 Å². The molecule has 5 heteroatoms. The lowest BCUT2D eigenvalue weighted by atomic mass is 9.97. The number of ether oxygens (including phenoxy) is 1. The molecular weight excluding hydrogens is 434 g/mol. The van der Waals surface area contributed by atoms with Crippen molar-refractivity contribution in [3.05, 3.63) is 83.7 Å². The molecule has 35 heavy (non-hydrogen) atoms. The van der Waals surface area contributed by atoms with Crippen LogP contribution in [0.25, 0.3) is 11.1 Å². The number of benzene rings is 2. The predicted octanol–water partition coefficient (Wildman–Crippen LogP) is 5.61.